The molecule has 0 N–H and O–H groups in total. The fourth-order valence-corrected chi connectivity index (χ4v) is 0. The minimum atomic E-state index is 0.255. The van der Waals surface area contributed by atoms with E-state index in [-0.39, 0.29) is 5.78 Å². The monoisotopic (exact) mass is 113 g/mol. The summed E-state index contributed by atoms with van der Waals surface area (Å²) in [5, 5.41) is 7.32. The molecular weight excluding hydrogens is 102 g/mol. The zero-order valence-electron chi connectivity index (χ0n) is 5.56. The normalized spacial score (nSPS) is 5.75. The van der Waals surface area contributed by atoms with Gasteiger partial charge in [-0.15, -0.1) is 0 Å². The van der Waals surface area contributed by atoms with Gasteiger partial charge in [0.2, 0.25) is 0 Å². The van der Waals surface area contributed by atoms with Crippen molar-refractivity contribution in [2.75, 3.05) is 0 Å². The molecule has 0 heterocycles. The van der Waals surface area contributed by atoms with Crippen LogP contribution in [-0.2, 0) is 4.79 Å². The number of ketones is 1. The van der Waals surface area contributed by atoms with E-state index in [0.717, 1.165) is 0 Å². The van der Waals surface area contributed by atoms with E-state index in [1.807, 2.05) is 6.92 Å². The van der Waals surface area contributed by atoms with E-state index in [1.54, 1.807) is 13.0 Å². The molecule has 0 saturated heterocycles. The molecule has 0 unspecified atom stereocenters. The van der Waals surface area contributed by atoms with Crippen molar-refractivity contribution in [3.05, 3.63) is 0 Å². The van der Waals surface area contributed by atoms with Gasteiger partial charge in [0.05, 0.1) is 6.07 Å². The van der Waals surface area contributed by atoms with E-state index in [1.165, 1.54) is 6.92 Å². The predicted molar refractivity (Wildman–Crippen MR) is 32.3 cm³/mol. The molecule has 46 valence electrons. The molecule has 0 radical (unpaired) electrons. The van der Waals surface area contributed by atoms with E-state index in [4.69, 9.17) is 5.26 Å². The number of nitrogens with zero attached hydrogens (tertiary/aromatic N) is 1. The van der Waals surface area contributed by atoms with Gasteiger partial charge in [0.15, 0.2) is 0 Å². The van der Waals surface area contributed by atoms with Crippen LogP contribution in [0.3, 0.4) is 0 Å². The number of nitriles is 1. The standard InChI is InChI=1S/C4H8O.C2H3N/c1-3-4(2)5;1-2-3/h3H2,1-2H3;1H3. The third kappa shape index (κ3) is 66.4. The fourth-order valence-electron chi connectivity index (χ4n) is 0. The minimum absolute atomic E-state index is 0.255. The van der Waals surface area contributed by atoms with Crippen molar-refractivity contribution in [1.82, 2.24) is 0 Å². The van der Waals surface area contributed by atoms with Crippen LogP contribution in [0.5, 0.6) is 0 Å². The number of hydrogen-bond acceptors (Lipinski definition) is 2. The first-order valence-corrected chi connectivity index (χ1v) is 2.49. The Labute approximate surface area is 50.1 Å². The molecule has 0 aromatic rings. The van der Waals surface area contributed by atoms with Crippen molar-refractivity contribution in [2.45, 2.75) is 27.2 Å². The number of hydrogen-bond donors (Lipinski definition) is 0. The quantitative estimate of drug-likeness (QED) is 0.517. The summed E-state index contributed by atoms with van der Waals surface area (Å²) in [6.07, 6.45) is 0.667. The van der Waals surface area contributed by atoms with Crippen LogP contribution in [0.2, 0.25) is 0 Å². The van der Waals surface area contributed by atoms with Crippen molar-refractivity contribution in [3.8, 4) is 6.07 Å². The smallest absolute Gasteiger partial charge is 0.129 e. The second-order valence-corrected chi connectivity index (χ2v) is 1.28. The Kier molecular flexibility index (Phi) is 12.1. The fraction of sp³-hybridized carbons (Fsp3) is 0.667. The average molecular weight is 113 g/mol. The Bertz CT molecular complexity index is 91.2. The molecule has 0 aliphatic heterocycles. The van der Waals surface area contributed by atoms with Crippen molar-refractivity contribution < 1.29 is 4.79 Å². The lowest BCUT2D eigenvalue weighted by Gasteiger charge is -1.71. The van der Waals surface area contributed by atoms with Crippen LogP contribution in [0.4, 0.5) is 0 Å². The van der Waals surface area contributed by atoms with Crippen LogP contribution in [0.15, 0.2) is 0 Å². The molecule has 0 atom stereocenters. The minimum Gasteiger partial charge on any atom is -0.300 e. The first-order valence-electron chi connectivity index (χ1n) is 2.49. The highest BCUT2D eigenvalue weighted by molar-refractivity contribution is 5.74. The summed E-state index contributed by atoms with van der Waals surface area (Å²) in [6.45, 7) is 4.86. The van der Waals surface area contributed by atoms with Gasteiger partial charge in [0.1, 0.15) is 5.78 Å². The summed E-state index contributed by atoms with van der Waals surface area (Å²) in [7, 11) is 0. The summed E-state index contributed by atoms with van der Waals surface area (Å²) in [4.78, 5) is 9.81. The Morgan fingerprint density at radius 2 is 1.88 bits per heavy atom. The molecule has 0 aliphatic rings. The zero-order chi connectivity index (χ0) is 6.99. The van der Waals surface area contributed by atoms with Crippen molar-refractivity contribution >= 4 is 5.78 Å². The van der Waals surface area contributed by atoms with E-state index in [2.05, 4.69) is 0 Å². The molecule has 0 fully saturated rings. The van der Waals surface area contributed by atoms with E-state index < -0.39 is 0 Å². The van der Waals surface area contributed by atoms with Crippen molar-refractivity contribution in [3.63, 3.8) is 0 Å². The van der Waals surface area contributed by atoms with Crippen LogP contribution in [0.1, 0.15) is 27.2 Å². The summed E-state index contributed by atoms with van der Waals surface area (Å²) in [5.74, 6) is 0.255. The maximum Gasteiger partial charge on any atom is 0.129 e. The molecule has 0 aromatic heterocycles. The number of rotatable bonds is 1. The molecular formula is C6H11NO. The highest BCUT2D eigenvalue weighted by Gasteiger charge is 1.76. The van der Waals surface area contributed by atoms with Gasteiger partial charge in [-0.3, -0.25) is 0 Å². The molecule has 0 amide bonds. The summed E-state index contributed by atoms with van der Waals surface area (Å²) < 4.78 is 0. The summed E-state index contributed by atoms with van der Waals surface area (Å²) in [5.41, 5.74) is 0. The van der Waals surface area contributed by atoms with Crippen LogP contribution in [0, 0.1) is 11.3 Å². The molecule has 2 heteroatoms. The van der Waals surface area contributed by atoms with Crippen molar-refractivity contribution in [2.24, 2.45) is 0 Å². The van der Waals surface area contributed by atoms with Crippen LogP contribution >= 0.6 is 0 Å². The lowest BCUT2D eigenvalue weighted by Crippen LogP contribution is -1.80. The van der Waals surface area contributed by atoms with Crippen molar-refractivity contribution in [1.29, 1.82) is 5.26 Å². The van der Waals surface area contributed by atoms with Crippen LogP contribution < -0.4 is 0 Å². The molecule has 0 saturated carbocycles. The molecule has 2 nitrogen and oxygen atoms in total. The maximum atomic E-state index is 9.81. The van der Waals surface area contributed by atoms with Gasteiger partial charge in [-0.1, -0.05) is 6.92 Å². The Morgan fingerprint density at radius 1 is 1.75 bits per heavy atom. The van der Waals surface area contributed by atoms with E-state index in [9.17, 15) is 4.79 Å². The first-order chi connectivity index (χ1) is 3.68. The number of carbonyl (C=O) groups is 1. The van der Waals surface area contributed by atoms with Gasteiger partial charge in [-0.05, 0) is 6.92 Å². The van der Waals surface area contributed by atoms with Crippen LogP contribution in [0.25, 0.3) is 0 Å². The summed E-state index contributed by atoms with van der Waals surface area (Å²) >= 11 is 0. The van der Waals surface area contributed by atoms with Crippen LogP contribution in [-0.4, -0.2) is 5.78 Å². The van der Waals surface area contributed by atoms with Gasteiger partial charge in [-0.2, -0.15) is 5.26 Å². The lowest BCUT2D eigenvalue weighted by molar-refractivity contribution is -0.116. The number of Topliss-reactive ketones (excluding diaryl/α,β-unsaturated/α-hetero) is 1. The van der Waals surface area contributed by atoms with Gasteiger partial charge < -0.3 is 4.79 Å². The molecule has 0 spiro atoms. The Balaban J connectivity index is 0. The summed E-state index contributed by atoms with van der Waals surface area (Å²) in [6, 6.07) is 1.75. The van der Waals surface area contributed by atoms with Gasteiger partial charge in [0, 0.05) is 13.3 Å². The predicted octanol–water partition coefficient (Wildman–Crippen LogP) is 1.52. The maximum absolute atomic E-state index is 9.81. The third-order valence-electron chi connectivity index (χ3n) is 0.498. The van der Waals surface area contributed by atoms with E-state index in [0.29, 0.717) is 6.42 Å². The zero-order valence-corrected chi connectivity index (χ0v) is 5.56. The second kappa shape index (κ2) is 9.48. The highest BCUT2D eigenvalue weighted by atomic mass is 16.1. The largest absolute Gasteiger partial charge is 0.300 e. The topological polar surface area (TPSA) is 40.9 Å². The SMILES string of the molecule is CC#N.CCC(C)=O. The molecule has 0 bridgehead atoms. The van der Waals surface area contributed by atoms with Gasteiger partial charge in [-0.25, -0.2) is 0 Å². The Hall–Kier alpha value is -0.840. The highest BCUT2D eigenvalue weighted by Crippen LogP contribution is 1.71. The second-order valence-electron chi connectivity index (χ2n) is 1.28. The lowest BCUT2D eigenvalue weighted by atomic mass is 10.4. The van der Waals surface area contributed by atoms with E-state index >= 15 is 0 Å². The van der Waals surface area contributed by atoms with Gasteiger partial charge >= 0.3 is 0 Å². The number of carbonyl (C=O) groups excluding carboxylic acids is 1. The molecule has 0 aromatic carbocycles. The Morgan fingerprint density at radius 3 is 1.88 bits per heavy atom. The first kappa shape index (κ1) is 10.2. The van der Waals surface area contributed by atoms with Gasteiger partial charge in [0.25, 0.3) is 0 Å². The molecule has 0 rings (SSSR count). The molecule has 8 heavy (non-hydrogen) atoms. The molecule has 0 aliphatic carbocycles. The average Bonchev–Trinajstić information content (AvgIpc) is 1.69. The third-order valence-corrected chi connectivity index (χ3v) is 0.498.